The second kappa shape index (κ2) is 6.30. The van der Waals surface area contributed by atoms with Crippen molar-refractivity contribution in [3.8, 4) is 5.75 Å². The van der Waals surface area contributed by atoms with Crippen LogP contribution in [0.4, 0.5) is 5.69 Å². The van der Waals surface area contributed by atoms with E-state index in [-0.39, 0.29) is 16.3 Å². The molecule has 0 radical (unpaired) electrons. The highest BCUT2D eigenvalue weighted by atomic mass is 32.2. The molecular formula is C12H17N2O5S2-. The Morgan fingerprint density at radius 1 is 1.29 bits per heavy atom. The van der Waals surface area contributed by atoms with Gasteiger partial charge in [-0.25, -0.2) is 8.42 Å². The minimum atomic E-state index is -3.83. The lowest BCUT2D eigenvalue weighted by Crippen LogP contribution is -2.35. The third-order valence-electron chi connectivity index (χ3n) is 3.40. The number of aromatic hydroxyl groups is 1. The Morgan fingerprint density at radius 3 is 2.48 bits per heavy atom. The molecule has 118 valence electrons. The number of hydrogen-bond acceptors (Lipinski definition) is 5. The fourth-order valence-electron chi connectivity index (χ4n) is 2.34. The zero-order valence-corrected chi connectivity index (χ0v) is 13.2. The Balaban J connectivity index is 2.45. The van der Waals surface area contributed by atoms with E-state index in [0.29, 0.717) is 18.7 Å². The van der Waals surface area contributed by atoms with Crippen molar-refractivity contribution < 1.29 is 22.3 Å². The zero-order chi connectivity index (χ0) is 15.6. The molecule has 2 N–H and O–H groups in total. The first-order valence-electron chi connectivity index (χ1n) is 6.52. The normalized spacial score (nSPS) is 18.4. The molecule has 0 bridgehead atoms. The quantitative estimate of drug-likeness (QED) is 0.633. The Labute approximate surface area is 126 Å². The number of piperidine rings is 1. The highest BCUT2D eigenvalue weighted by molar-refractivity contribution is 7.89. The van der Waals surface area contributed by atoms with Crippen LogP contribution in [0.1, 0.15) is 24.8 Å². The summed E-state index contributed by atoms with van der Waals surface area (Å²) in [5.74, 6) is -0.345. The summed E-state index contributed by atoms with van der Waals surface area (Å²) in [5.41, 5.74) is 0.398. The summed E-state index contributed by atoms with van der Waals surface area (Å²) in [7, 11) is -3.83. The van der Waals surface area contributed by atoms with Gasteiger partial charge in [-0.05, 0) is 37.5 Å². The van der Waals surface area contributed by atoms with E-state index >= 15 is 0 Å². The number of sulfonamides is 1. The minimum Gasteiger partial charge on any atom is -0.755 e. The van der Waals surface area contributed by atoms with Crippen molar-refractivity contribution in [2.45, 2.75) is 31.1 Å². The first kappa shape index (κ1) is 16.2. The maximum atomic E-state index is 12.6. The van der Waals surface area contributed by atoms with Crippen LogP contribution in [0.5, 0.6) is 5.75 Å². The van der Waals surface area contributed by atoms with Crippen LogP contribution in [0.3, 0.4) is 0 Å². The summed E-state index contributed by atoms with van der Waals surface area (Å²) < 4.78 is 50.0. The van der Waals surface area contributed by atoms with E-state index in [1.807, 2.05) is 0 Å². The highest BCUT2D eigenvalue weighted by Crippen LogP contribution is 2.33. The van der Waals surface area contributed by atoms with Gasteiger partial charge in [0.05, 0.1) is 0 Å². The topological polar surface area (TPSA) is 110 Å². The van der Waals surface area contributed by atoms with Crippen LogP contribution >= 0.6 is 0 Å². The van der Waals surface area contributed by atoms with Crippen molar-refractivity contribution >= 4 is 27.0 Å². The molecule has 1 fully saturated rings. The van der Waals surface area contributed by atoms with E-state index in [1.54, 1.807) is 0 Å². The molecule has 0 spiro atoms. The number of aryl methyl sites for hydroxylation is 1. The number of hydrogen-bond donors (Lipinski definition) is 2. The van der Waals surface area contributed by atoms with Crippen LogP contribution in [0.2, 0.25) is 0 Å². The van der Waals surface area contributed by atoms with Gasteiger partial charge in [0.25, 0.3) is 0 Å². The molecule has 0 aromatic heterocycles. The molecule has 1 aliphatic heterocycles. The van der Waals surface area contributed by atoms with Crippen molar-refractivity contribution in [2.24, 2.45) is 0 Å². The predicted molar refractivity (Wildman–Crippen MR) is 78.0 cm³/mol. The first-order chi connectivity index (χ1) is 9.82. The molecule has 0 aliphatic carbocycles. The Hall–Kier alpha value is -1.16. The summed E-state index contributed by atoms with van der Waals surface area (Å²) in [5, 5.41) is 10.0. The molecule has 1 aliphatic rings. The van der Waals surface area contributed by atoms with E-state index < -0.39 is 21.3 Å². The molecule has 21 heavy (non-hydrogen) atoms. The summed E-state index contributed by atoms with van der Waals surface area (Å²) in [6.07, 6.45) is 2.54. The second-order valence-electron chi connectivity index (χ2n) is 4.94. The Kier molecular flexibility index (Phi) is 4.87. The smallest absolute Gasteiger partial charge is 0.246 e. The number of nitrogens with one attached hydrogen (secondary N) is 1. The van der Waals surface area contributed by atoms with Crippen molar-refractivity contribution in [3.05, 3.63) is 17.7 Å². The number of benzene rings is 1. The summed E-state index contributed by atoms with van der Waals surface area (Å²) >= 11 is -2.56. The van der Waals surface area contributed by atoms with Crippen LogP contribution in [0, 0.1) is 6.92 Å². The zero-order valence-electron chi connectivity index (χ0n) is 11.5. The summed E-state index contributed by atoms with van der Waals surface area (Å²) in [4.78, 5) is -0.266. The lowest BCUT2D eigenvalue weighted by atomic mass is 10.2. The number of nitrogens with zero attached hydrogens (tertiary/aromatic N) is 1. The van der Waals surface area contributed by atoms with Gasteiger partial charge in [0.15, 0.2) is 0 Å². The number of rotatable bonds is 4. The van der Waals surface area contributed by atoms with Crippen LogP contribution in [-0.2, 0) is 21.3 Å². The van der Waals surface area contributed by atoms with Crippen LogP contribution < -0.4 is 4.72 Å². The monoisotopic (exact) mass is 333 g/mol. The SMILES string of the molecule is Cc1cc(NS(=O)[O-])cc(S(=O)(=O)N2CCCCC2)c1O. The molecule has 1 heterocycles. The molecule has 0 saturated carbocycles. The van der Waals surface area contributed by atoms with Gasteiger partial charge in [0.2, 0.25) is 10.0 Å². The highest BCUT2D eigenvalue weighted by Gasteiger charge is 2.29. The maximum Gasteiger partial charge on any atom is 0.246 e. The third-order valence-corrected chi connectivity index (χ3v) is 5.71. The fourth-order valence-corrected chi connectivity index (χ4v) is 4.35. The summed E-state index contributed by atoms with van der Waals surface area (Å²) in [6, 6.07) is 2.52. The van der Waals surface area contributed by atoms with Crippen molar-refractivity contribution in [2.75, 3.05) is 17.8 Å². The Bertz CT molecular complexity index is 654. The predicted octanol–water partition coefficient (Wildman–Crippen LogP) is 1.08. The van der Waals surface area contributed by atoms with Gasteiger partial charge in [0, 0.05) is 30.0 Å². The van der Waals surface area contributed by atoms with Crippen molar-refractivity contribution in [1.82, 2.24) is 4.31 Å². The van der Waals surface area contributed by atoms with Gasteiger partial charge in [-0.2, -0.15) is 4.31 Å². The van der Waals surface area contributed by atoms with Gasteiger partial charge >= 0.3 is 0 Å². The van der Waals surface area contributed by atoms with Crippen LogP contribution in [-0.4, -0.2) is 39.7 Å². The summed E-state index contributed by atoms with van der Waals surface area (Å²) in [6.45, 7) is 2.33. The Morgan fingerprint density at radius 2 is 1.90 bits per heavy atom. The van der Waals surface area contributed by atoms with E-state index in [4.69, 9.17) is 0 Å². The average Bonchev–Trinajstić information content (AvgIpc) is 2.43. The van der Waals surface area contributed by atoms with E-state index in [2.05, 4.69) is 4.72 Å². The number of anilines is 1. The van der Waals surface area contributed by atoms with Gasteiger partial charge < -0.3 is 14.4 Å². The van der Waals surface area contributed by atoms with Gasteiger partial charge in [-0.15, -0.1) is 0 Å². The van der Waals surface area contributed by atoms with Crippen molar-refractivity contribution in [3.63, 3.8) is 0 Å². The maximum absolute atomic E-state index is 12.6. The first-order valence-corrected chi connectivity index (χ1v) is 9.03. The second-order valence-corrected chi connectivity index (χ2v) is 7.52. The van der Waals surface area contributed by atoms with Crippen LogP contribution in [0.25, 0.3) is 0 Å². The lowest BCUT2D eigenvalue weighted by molar-refractivity contribution is 0.344. The largest absolute Gasteiger partial charge is 0.755 e. The van der Waals surface area contributed by atoms with E-state index in [9.17, 15) is 22.3 Å². The van der Waals surface area contributed by atoms with E-state index in [1.165, 1.54) is 17.3 Å². The van der Waals surface area contributed by atoms with Gasteiger partial charge in [-0.1, -0.05) is 6.42 Å². The molecule has 1 aromatic rings. The van der Waals surface area contributed by atoms with Crippen molar-refractivity contribution in [1.29, 1.82) is 0 Å². The van der Waals surface area contributed by atoms with Gasteiger partial charge in [0.1, 0.15) is 10.6 Å². The molecule has 1 aromatic carbocycles. The van der Waals surface area contributed by atoms with Gasteiger partial charge in [-0.3, -0.25) is 4.21 Å². The number of phenolic OH excluding ortho intramolecular Hbond substituents is 1. The van der Waals surface area contributed by atoms with E-state index in [0.717, 1.165) is 25.3 Å². The minimum absolute atomic E-state index is 0.106. The number of phenols is 1. The fraction of sp³-hybridized carbons (Fsp3) is 0.500. The molecule has 1 saturated heterocycles. The molecule has 1 unspecified atom stereocenters. The molecule has 7 nitrogen and oxygen atoms in total. The molecule has 0 amide bonds. The van der Waals surface area contributed by atoms with Crippen LogP contribution in [0.15, 0.2) is 17.0 Å². The average molecular weight is 333 g/mol. The molecule has 9 heteroatoms. The molecule has 2 rings (SSSR count). The third kappa shape index (κ3) is 3.54. The standard InChI is InChI=1S/C12H18N2O5S2/c1-9-7-10(13-20(16)17)8-11(12(9)15)21(18,19)14-5-3-2-4-6-14/h7-8,13,15H,2-6H2,1H3,(H,16,17)/p-1. The lowest BCUT2D eigenvalue weighted by Gasteiger charge is -2.26. The molecule has 1 atom stereocenters. The molecular weight excluding hydrogens is 316 g/mol.